The van der Waals surface area contributed by atoms with Crippen LogP contribution in [0.1, 0.15) is 76.5 Å². The van der Waals surface area contributed by atoms with Crippen molar-refractivity contribution in [2.45, 2.75) is 62.4 Å². The summed E-state index contributed by atoms with van der Waals surface area (Å²) in [4.78, 5) is 25.8. The third kappa shape index (κ3) is 14.9. The summed E-state index contributed by atoms with van der Waals surface area (Å²) in [6, 6.07) is 20.7. The highest BCUT2D eigenvalue weighted by Crippen LogP contribution is 2.41. The molecule has 87 heavy (non-hydrogen) atoms. The zero-order chi connectivity index (χ0) is 64.8. The summed E-state index contributed by atoms with van der Waals surface area (Å²) in [7, 11) is 0. The Morgan fingerprint density at radius 3 is 0.966 bits per heavy atom. The number of carbonyl (C=O) groups is 2. The quantitative estimate of drug-likeness (QED) is 0.0593. The number of halogens is 24. The van der Waals surface area contributed by atoms with Crippen molar-refractivity contribution in [3.63, 3.8) is 0 Å². The fraction of sp³-hybridized carbons (Fsp3) is 0.172. The lowest BCUT2D eigenvalue weighted by molar-refractivity contribution is -0.664. The smallest absolute Gasteiger partial charge is 0.294 e. The molecule has 0 spiro atoms. The molecule has 456 valence electrons. The van der Waals surface area contributed by atoms with Crippen LogP contribution in [0, 0.1) is 11.3 Å². The molecule has 0 atom stereocenters. The summed E-state index contributed by atoms with van der Waals surface area (Å²) in [6.07, 6.45) is -54.6. The van der Waals surface area contributed by atoms with Gasteiger partial charge in [-0.15, -0.1) is 0 Å². The second-order valence-electron chi connectivity index (χ2n) is 19.3. The maximum absolute atomic E-state index is 14.2. The lowest BCUT2D eigenvalue weighted by Crippen LogP contribution is -2.75. The van der Waals surface area contributed by atoms with Crippen LogP contribution in [0.2, 0.25) is 0 Å². The number of hydrogen-bond donors (Lipinski definition) is 0. The van der Waals surface area contributed by atoms with E-state index in [0.29, 0.717) is 16.7 Å². The molecule has 0 aliphatic carbocycles. The summed E-state index contributed by atoms with van der Waals surface area (Å²) in [5, 5.41) is 9.95. The summed E-state index contributed by atoms with van der Waals surface area (Å²) in [6.45, 7) is 0.154. The second kappa shape index (κ2) is 23.4. The van der Waals surface area contributed by atoms with Gasteiger partial charge in [-0.05, 0) is 48.5 Å². The van der Waals surface area contributed by atoms with Gasteiger partial charge in [-0.2, -0.15) is 137 Å². The molecule has 0 N–H and O–H groups in total. The van der Waals surface area contributed by atoms with E-state index in [2.05, 4.69) is 6.07 Å². The molecule has 4 nitrogen and oxygen atoms in total. The van der Waals surface area contributed by atoms with Crippen LogP contribution >= 0.6 is 0 Å². The minimum atomic E-state index is -6.13. The van der Waals surface area contributed by atoms with Crippen LogP contribution in [0.5, 0.6) is 0 Å². The molecule has 0 aliphatic rings. The van der Waals surface area contributed by atoms with Crippen molar-refractivity contribution < 1.29 is 120 Å². The van der Waals surface area contributed by atoms with Crippen molar-refractivity contribution in [1.29, 1.82) is 5.26 Å². The Morgan fingerprint density at radius 2 is 0.655 bits per heavy atom. The number of hydrogen-bond acceptors (Lipinski definition) is 3. The van der Waals surface area contributed by atoms with Crippen molar-refractivity contribution in [3.8, 4) is 6.07 Å². The van der Waals surface area contributed by atoms with Crippen LogP contribution in [-0.2, 0) is 62.4 Å². The SMILES string of the molecule is FC(F)(F)c1cc([B-](c2cc(C(F)(F)F)cc(C(F)(F)F)c2)(c2cc(C(F)(F)F)cc(C(F)(F)F)c2)c2cc(C(F)(F)F)cc(C(F)(F)F)c2)cc(C(F)(F)F)c1.N#Cc1ccc(C(=O)Cc2ccc3ccccc3[n+]2CC(=O)c2ccccc2)cc1. The fourth-order valence-corrected chi connectivity index (χ4v) is 9.57. The maximum atomic E-state index is 14.2. The number of nitrogens with zero attached hydrogens (tertiary/aromatic N) is 2. The lowest BCUT2D eigenvalue weighted by atomic mass is 9.12. The van der Waals surface area contributed by atoms with Crippen LogP contribution < -0.4 is 26.4 Å². The lowest BCUT2D eigenvalue weighted by Gasteiger charge is -2.46. The van der Waals surface area contributed by atoms with Crippen LogP contribution in [0.3, 0.4) is 0 Å². The number of Topliss-reactive ketones (excluding diaryl/α,β-unsaturated/α-hetero) is 2. The van der Waals surface area contributed by atoms with Crippen LogP contribution in [0.15, 0.2) is 164 Å². The number of alkyl halides is 24. The van der Waals surface area contributed by atoms with E-state index in [9.17, 15) is 115 Å². The van der Waals surface area contributed by atoms with Crippen LogP contribution in [0.25, 0.3) is 10.9 Å². The first-order chi connectivity index (χ1) is 39.9. The average Bonchev–Trinajstić information content (AvgIpc) is 0.716. The van der Waals surface area contributed by atoms with E-state index in [4.69, 9.17) is 5.26 Å². The van der Waals surface area contributed by atoms with Gasteiger partial charge in [-0.25, -0.2) is 0 Å². The first kappa shape index (κ1) is 65.7. The Labute approximate surface area is 473 Å². The summed E-state index contributed by atoms with van der Waals surface area (Å²) in [5.74, 6) is -0.0697. The van der Waals surface area contributed by atoms with Crippen molar-refractivity contribution in [3.05, 3.63) is 231 Å². The number of aromatic nitrogens is 1. The topological polar surface area (TPSA) is 61.8 Å². The molecule has 1 heterocycles. The number of pyridine rings is 1. The zero-order valence-electron chi connectivity index (χ0n) is 42.9. The van der Waals surface area contributed by atoms with Crippen molar-refractivity contribution >= 4 is 50.5 Å². The first-order valence-corrected chi connectivity index (χ1v) is 24.3. The number of ketones is 2. The summed E-state index contributed by atoms with van der Waals surface area (Å²) in [5.41, 5.74) is -26.8. The van der Waals surface area contributed by atoms with Crippen molar-refractivity contribution in [2.75, 3.05) is 0 Å². The molecular formula is C58H31BF24N2O2. The molecule has 8 rings (SSSR count). The molecule has 8 aromatic rings. The van der Waals surface area contributed by atoms with Gasteiger partial charge in [0.2, 0.25) is 17.8 Å². The summed E-state index contributed by atoms with van der Waals surface area (Å²) < 4.78 is 343. The molecule has 0 amide bonds. The van der Waals surface area contributed by atoms with Crippen LogP contribution in [0.4, 0.5) is 105 Å². The molecule has 0 unspecified atom stereocenters. The van der Waals surface area contributed by atoms with E-state index >= 15 is 0 Å². The van der Waals surface area contributed by atoms with Crippen LogP contribution in [-0.4, -0.2) is 17.7 Å². The molecule has 1 aromatic heterocycles. The van der Waals surface area contributed by atoms with E-state index in [1.54, 1.807) is 36.4 Å². The minimum Gasteiger partial charge on any atom is -0.294 e. The van der Waals surface area contributed by atoms with Gasteiger partial charge in [0.1, 0.15) is 6.15 Å². The predicted octanol–water partition coefficient (Wildman–Crippen LogP) is 15.5. The van der Waals surface area contributed by atoms with Gasteiger partial charge in [0, 0.05) is 28.6 Å². The average molecular weight is 1250 g/mol. The molecule has 0 saturated carbocycles. The molecular weight excluding hydrogens is 1220 g/mol. The number of carbonyl (C=O) groups excluding carboxylic acids is 2. The highest BCUT2D eigenvalue weighted by molar-refractivity contribution is 7.20. The Hall–Kier alpha value is -8.84. The highest BCUT2D eigenvalue weighted by atomic mass is 19.4. The summed E-state index contributed by atoms with van der Waals surface area (Å²) >= 11 is 0. The van der Waals surface area contributed by atoms with E-state index in [1.807, 2.05) is 59.2 Å². The van der Waals surface area contributed by atoms with Gasteiger partial charge in [0.05, 0.1) is 62.6 Å². The van der Waals surface area contributed by atoms with Crippen molar-refractivity contribution in [2.24, 2.45) is 0 Å². The van der Waals surface area contributed by atoms with Gasteiger partial charge < -0.3 is 0 Å². The number of para-hydroxylation sites is 1. The molecule has 7 aromatic carbocycles. The fourth-order valence-electron chi connectivity index (χ4n) is 9.57. The molecule has 29 heteroatoms. The van der Waals surface area contributed by atoms with Gasteiger partial charge in [-0.1, -0.05) is 103 Å². The largest absolute Gasteiger partial charge is 0.416 e. The Balaban J connectivity index is 0.000000300. The Bertz CT molecular complexity index is 3490. The van der Waals surface area contributed by atoms with Gasteiger partial charge in [0.25, 0.3) is 0 Å². The number of rotatable bonds is 10. The van der Waals surface area contributed by atoms with Gasteiger partial charge >= 0.3 is 49.4 Å². The zero-order valence-corrected chi connectivity index (χ0v) is 42.9. The maximum Gasteiger partial charge on any atom is 0.416 e. The van der Waals surface area contributed by atoms with Gasteiger partial charge in [0.15, 0.2) is 11.5 Å². The number of fused-ring (bicyclic) bond motifs is 1. The van der Waals surface area contributed by atoms with E-state index in [-0.39, 0.29) is 24.5 Å². The highest BCUT2D eigenvalue weighted by Gasteiger charge is 2.47. The minimum absolute atomic E-state index is 0.0102. The third-order valence-corrected chi connectivity index (χ3v) is 13.5. The predicted molar refractivity (Wildman–Crippen MR) is 264 cm³/mol. The second-order valence-corrected chi connectivity index (χ2v) is 19.3. The third-order valence-electron chi connectivity index (χ3n) is 13.5. The molecule has 0 bridgehead atoms. The standard InChI is InChI=1S/C32H12BF24.C26H19N2O2/c34-25(35,36)13-1-14(26(37,38)39)6-21(5-13)33(22-7-15(27(40,41)42)2-16(8-22)28(43,44)45,23-9-17(29(46,47)48)3-18(10-23)30(49,50)51)24-11-19(31(52,53)54)4-20(12-24)32(55,56)57;27-17-19-10-12-22(13-11-19)25(29)16-23-15-14-20-6-4-5-9-24(20)28(23)18-26(30)21-7-2-1-3-8-21/h1-12H;1-15H,16,18H2/q-1;+1. The number of benzene rings is 7. The molecule has 0 saturated heterocycles. The molecule has 0 aliphatic heterocycles. The molecule has 0 fully saturated rings. The Morgan fingerprint density at radius 1 is 0.356 bits per heavy atom. The van der Waals surface area contributed by atoms with E-state index in [1.165, 1.54) is 0 Å². The van der Waals surface area contributed by atoms with Gasteiger partial charge in [-0.3, -0.25) is 9.59 Å². The first-order valence-electron chi connectivity index (χ1n) is 24.3. The van der Waals surface area contributed by atoms with E-state index < -0.39 is 195 Å². The van der Waals surface area contributed by atoms with Crippen molar-refractivity contribution in [1.82, 2.24) is 0 Å². The normalized spacial score (nSPS) is 13.0. The monoisotopic (exact) mass is 1250 g/mol. The molecule has 0 radical (unpaired) electrons. The Kier molecular flexibility index (Phi) is 17.7. The van der Waals surface area contributed by atoms with E-state index in [0.717, 1.165) is 16.6 Å². The number of nitriles is 1.